The Labute approximate surface area is 349 Å². The molecule has 2 aliphatic rings. The first-order valence-electron chi connectivity index (χ1n) is 20.1. The second-order valence-electron chi connectivity index (χ2n) is 15.7. The van der Waals surface area contributed by atoms with E-state index in [0.29, 0.717) is 5.56 Å². The van der Waals surface area contributed by atoms with Gasteiger partial charge in [0.1, 0.15) is 0 Å². The first-order chi connectivity index (χ1) is 29.7. The van der Waals surface area contributed by atoms with Crippen LogP contribution in [0.25, 0.3) is 77.5 Å². The minimum atomic E-state index is -0.536. The number of nitrogens with zero attached hydrogens (tertiary/aromatic N) is 5. The summed E-state index contributed by atoms with van der Waals surface area (Å²) >= 11 is 1.85. The van der Waals surface area contributed by atoms with Crippen molar-refractivity contribution in [2.24, 2.45) is 0 Å². The van der Waals surface area contributed by atoms with Crippen LogP contribution < -0.4 is 0 Å². The summed E-state index contributed by atoms with van der Waals surface area (Å²) in [5, 5.41) is 14.3. The molecule has 7 aromatic carbocycles. The Bertz CT molecular complexity index is 3620. The number of nitriles is 1. The van der Waals surface area contributed by atoms with Gasteiger partial charge < -0.3 is 9.13 Å². The molecule has 1 spiro atoms. The van der Waals surface area contributed by atoms with Crippen LogP contribution in [0, 0.1) is 11.3 Å². The fourth-order valence-corrected chi connectivity index (χ4v) is 11.4. The largest absolute Gasteiger partial charge is 0.309 e. The Kier molecular flexibility index (Phi) is 6.87. The number of rotatable bonds is 3. The third kappa shape index (κ3) is 4.42. The van der Waals surface area contributed by atoms with E-state index in [4.69, 9.17) is 9.97 Å². The van der Waals surface area contributed by atoms with E-state index in [1.165, 1.54) is 53.9 Å². The van der Waals surface area contributed by atoms with E-state index in [9.17, 15) is 5.26 Å². The third-order valence-corrected chi connectivity index (χ3v) is 13.9. The molecule has 11 aromatic rings. The molecule has 0 amide bonds. The molecular formula is C54H31N5S. The number of pyridine rings is 2. The topological polar surface area (TPSA) is 59.4 Å². The van der Waals surface area contributed by atoms with E-state index < -0.39 is 5.41 Å². The summed E-state index contributed by atoms with van der Waals surface area (Å²) in [4.78, 5) is 12.4. The minimum absolute atomic E-state index is 0.536. The van der Waals surface area contributed by atoms with Crippen molar-refractivity contribution in [2.45, 2.75) is 15.2 Å². The van der Waals surface area contributed by atoms with Crippen LogP contribution in [-0.2, 0) is 5.41 Å². The van der Waals surface area contributed by atoms with E-state index in [2.05, 4.69) is 179 Å². The molecule has 0 bridgehead atoms. The second kappa shape index (κ2) is 12.4. The zero-order valence-electron chi connectivity index (χ0n) is 32.0. The van der Waals surface area contributed by atoms with E-state index in [0.717, 1.165) is 55.6 Å². The van der Waals surface area contributed by atoms with Gasteiger partial charge in [0.15, 0.2) is 0 Å². The lowest BCUT2D eigenvalue weighted by Gasteiger charge is -2.39. The molecule has 0 atom stereocenters. The first kappa shape index (κ1) is 33.3. The Hall–Kier alpha value is -7.72. The van der Waals surface area contributed by atoms with Crippen LogP contribution in [0.3, 0.4) is 0 Å². The fraction of sp³-hybridized carbons (Fsp3) is 0.0185. The van der Waals surface area contributed by atoms with Crippen LogP contribution in [0.4, 0.5) is 0 Å². The van der Waals surface area contributed by atoms with Crippen LogP contribution in [0.15, 0.2) is 198 Å². The SMILES string of the molecule is N#Cc1ccc2c(c1)c1ccccc1n2-c1ccc(-n2c3ccccc3c3cc(-c4ccc5c(c4)C4(c6ccccc6S5)c5cccnc5-c5ncccc54)ccc32)cc1. The number of fused-ring (bicyclic) bond motifs is 15. The molecule has 0 unspecified atom stereocenters. The van der Waals surface area contributed by atoms with Crippen LogP contribution >= 0.6 is 11.8 Å². The molecule has 0 N–H and O–H groups in total. The van der Waals surface area contributed by atoms with Gasteiger partial charge in [-0.1, -0.05) is 90.6 Å². The minimum Gasteiger partial charge on any atom is -0.309 e. The van der Waals surface area contributed by atoms with E-state index in [1.807, 2.05) is 36.3 Å². The molecule has 60 heavy (non-hydrogen) atoms. The summed E-state index contributed by atoms with van der Waals surface area (Å²) in [7, 11) is 0. The molecule has 1 aliphatic heterocycles. The quantitative estimate of drug-likeness (QED) is 0.179. The molecule has 5 nitrogen and oxygen atoms in total. The van der Waals surface area contributed by atoms with Crippen molar-refractivity contribution in [3.63, 3.8) is 0 Å². The first-order valence-corrected chi connectivity index (χ1v) is 20.9. The van der Waals surface area contributed by atoms with Gasteiger partial charge in [-0.05, 0) is 130 Å². The Morgan fingerprint density at radius 1 is 0.433 bits per heavy atom. The Morgan fingerprint density at radius 3 is 1.62 bits per heavy atom. The number of hydrogen-bond acceptors (Lipinski definition) is 4. The maximum absolute atomic E-state index is 9.65. The summed E-state index contributed by atoms with van der Waals surface area (Å²) in [6, 6.07) is 65.7. The molecular weight excluding hydrogens is 751 g/mol. The number of para-hydroxylation sites is 2. The van der Waals surface area contributed by atoms with E-state index in [-0.39, 0.29) is 0 Å². The van der Waals surface area contributed by atoms with Gasteiger partial charge in [-0.15, -0.1) is 0 Å². The highest BCUT2D eigenvalue weighted by molar-refractivity contribution is 7.99. The summed E-state index contributed by atoms with van der Waals surface area (Å²) in [5.74, 6) is 0. The lowest BCUT2D eigenvalue weighted by atomic mass is 9.67. The summed E-state index contributed by atoms with van der Waals surface area (Å²) < 4.78 is 4.68. The third-order valence-electron chi connectivity index (χ3n) is 12.7. The number of benzene rings is 7. The molecule has 0 fully saturated rings. The molecule has 0 saturated carbocycles. The van der Waals surface area contributed by atoms with Crippen molar-refractivity contribution >= 4 is 55.4 Å². The van der Waals surface area contributed by atoms with E-state index in [1.54, 1.807) is 0 Å². The second-order valence-corrected chi connectivity index (χ2v) is 16.7. The predicted molar refractivity (Wildman–Crippen MR) is 242 cm³/mol. The molecule has 13 rings (SSSR count). The van der Waals surface area contributed by atoms with Crippen LogP contribution in [-0.4, -0.2) is 19.1 Å². The zero-order chi connectivity index (χ0) is 39.5. The normalized spacial score (nSPS) is 13.4. The summed E-state index contributed by atoms with van der Waals surface area (Å²) in [6.45, 7) is 0. The van der Waals surface area contributed by atoms with Crippen LogP contribution in [0.2, 0.25) is 0 Å². The summed E-state index contributed by atoms with van der Waals surface area (Å²) in [5.41, 5.74) is 16.0. The monoisotopic (exact) mass is 781 g/mol. The van der Waals surface area contributed by atoms with Crippen molar-refractivity contribution in [1.29, 1.82) is 5.26 Å². The van der Waals surface area contributed by atoms with Crippen molar-refractivity contribution < 1.29 is 0 Å². The van der Waals surface area contributed by atoms with Gasteiger partial charge in [-0.2, -0.15) is 5.26 Å². The van der Waals surface area contributed by atoms with Gasteiger partial charge in [0, 0.05) is 55.1 Å². The van der Waals surface area contributed by atoms with Gasteiger partial charge in [0.25, 0.3) is 0 Å². The highest BCUT2D eigenvalue weighted by Gasteiger charge is 2.51. The van der Waals surface area contributed by atoms with Gasteiger partial charge in [0.2, 0.25) is 0 Å². The van der Waals surface area contributed by atoms with Gasteiger partial charge >= 0.3 is 0 Å². The number of aromatic nitrogens is 4. The smallest absolute Gasteiger partial charge is 0.0991 e. The van der Waals surface area contributed by atoms with Gasteiger partial charge in [0.05, 0.1) is 50.5 Å². The number of hydrogen-bond donors (Lipinski definition) is 0. The highest BCUT2D eigenvalue weighted by Crippen LogP contribution is 2.61. The average Bonchev–Trinajstić information content (AvgIpc) is 3.93. The lowest BCUT2D eigenvalue weighted by Crippen LogP contribution is -2.32. The highest BCUT2D eigenvalue weighted by atomic mass is 32.2. The molecule has 0 saturated heterocycles. The standard InChI is InChI=1S/C54H31N5S/c55-32-33-17-24-48-40(29-33)38-9-1-4-14-46(38)58(48)36-20-22-37(23-21-36)59-47-15-5-2-10-39(47)41-30-34(18-25-49(41)59)35-19-26-51-45(31-35)54(42-11-3-6-16-50(42)60-51)43-12-7-27-56-52(43)53-44(54)13-8-28-57-53/h1-31H. The lowest BCUT2D eigenvalue weighted by molar-refractivity contribution is 0.720. The molecule has 6 heteroatoms. The molecule has 4 aromatic heterocycles. The predicted octanol–water partition coefficient (Wildman–Crippen LogP) is 13.0. The molecule has 0 radical (unpaired) electrons. The average molecular weight is 782 g/mol. The Balaban J connectivity index is 0.962. The van der Waals surface area contributed by atoms with Gasteiger partial charge in [-0.3, -0.25) is 9.97 Å². The van der Waals surface area contributed by atoms with Crippen molar-refractivity contribution in [2.75, 3.05) is 0 Å². The van der Waals surface area contributed by atoms with Gasteiger partial charge in [-0.25, -0.2) is 0 Å². The Morgan fingerprint density at radius 2 is 0.950 bits per heavy atom. The fourth-order valence-electron chi connectivity index (χ4n) is 10.2. The summed E-state index contributed by atoms with van der Waals surface area (Å²) in [6.07, 6.45) is 3.77. The van der Waals surface area contributed by atoms with E-state index >= 15 is 0 Å². The van der Waals surface area contributed by atoms with Crippen LogP contribution in [0.1, 0.15) is 27.8 Å². The van der Waals surface area contributed by atoms with Crippen molar-refractivity contribution in [1.82, 2.24) is 19.1 Å². The molecule has 278 valence electrons. The zero-order valence-corrected chi connectivity index (χ0v) is 32.9. The van der Waals surface area contributed by atoms with Crippen molar-refractivity contribution in [3.05, 3.63) is 216 Å². The maximum Gasteiger partial charge on any atom is 0.0991 e. The molecule has 1 aliphatic carbocycles. The van der Waals surface area contributed by atoms with Crippen molar-refractivity contribution in [3.8, 4) is 40.0 Å². The molecule has 5 heterocycles. The van der Waals surface area contributed by atoms with Crippen LogP contribution in [0.5, 0.6) is 0 Å². The maximum atomic E-state index is 9.65.